The maximum atomic E-state index is 12.1. The second kappa shape index (κ2) is 6.39. The summed E-state index contributed by atoms with van der Waals surface area (Å²) in [6.45, 7) is 4.95. The average Bonchev–Trinajstić information content (AvgIpc) is 2.37. The fourth-order valence-electron chi connectivity index (χ4n) is 1.74. The summed E-state index contributed by atoms with van der Waals surface area (Å²) in [5, 5.41) is 0. The lowest BCUT2D eigenvalue weighted by molar-refractivity contribution is -0.110. The standard InChI is InChI=1S/C15H22O4S/c1-15(2,3)20(17,18)11-13(10-16)9-12-5-7-14(19-4)8-6-12/h5-8,10,13H,9,11H2,1-4H3. The molecule has 112 valence electrons. The Morgan fingerprint density at radius 2 is 1.75 bits per heavy atom. The summed E-state index contributed by atoms with van der Waals surface area (Å²) in [5.41, 5.74) is 0.923. The Morgan fingerprint density at radius 1 is 1.20 bits per heavy atom. The van der Waals surface area contributed by atoms with Gasteiger partial charge in [0.05, 0.1) is 17.6 Å². The molecule has 0 aliphatic heterocycles. The first kappa shape index (κ1) is 16.7. The molecule has 0 aliphatic rings. The Morgan fingerprint density at radius 3 is 2.15 bits per heavy atom. The van der Waals surface area contributed by atoms with Crippen LogP contribution >= 0.6 is 0 Å². The van der Waals surface area contributed by atoms with Crippen molar-refractivity contribution in [3.63, 3.8) is 0 Å². The van der Waals surface area contributed by atoms with Gasteiger partial charge in [0, 0.05) is 5.92 Å². The number of methoxy groups -OCH3 is 1. The van der Waals surface area contributed by atoms with Gasteiger partial charge in [0.2, 0.25) is 0 Å². The van der Waals surface area contributed by atoms with Gasteiger partial charge in [-0.25, -0.2) is 8.42 Å². The van der Waals surface area contributed by atoms with Crippen molar-refractivity contribution in [2.24, 2.45) is 5.92 Å². The van der Waals surface area contributed by atoms with Crippen LogP contribution in [-0.4, -0.2) is 32.3 Å². The quantitative estimate of drug-likeness (QED) is 0.756. The Hall–Kier alpha value is -1.36. The maximum absolute atomic E-state index is 12.1. The van der Waals surface area contributed by atoms with Gasteiger partial charge in [0.25, 0.3) is 0 Å². The number of benzene rings is 1. The van der Waals surface area contributed by atoms with E-state index in [2.05, 4.69) is 0 Å². The van der Waals surface area contributed by atoms with E-state index in [1.165, 1.54) is 0 Å². The van der Waals surface area contributed by atoms with Crippen LogP contribution in [0.5, 0.6) is 5.75 Å². The summed E-state index contributed by atoms with van der Waals surface area (Å²) >= 11 is 0. The summed E-state index contributed by atoms with van der Waals surface area (Å²) in [5.74, 6) is 0.0952. The molecule has 0 saturated heterocycles. The Kier molecular flexibility index (Phi) is 5.34. The molecule has 1 aromatic rings. The molecule has 0 fully saturated rings. The minimum absolute atomic E-state index is 0.119. The molecule has 20 heavy (non-hydrogen) atoms. The van der Waals surface area contributed by atoms with Gasteiger partial charge in [0.1, 0.15) is 12.0 Å². The minimum Gasteiger partial charge on any atom is -0.497 e. The van der Waals surface area contributed by atoms with Crippen LogP contribution in [0.4, 0.5) is 0 Å². The fourth-order valence-corrected chi connectivity index (χ4v) is 3.00. The Labute approximate surface area is 121 Å². The van der Waals surface area contributed by atoms with E-state index in [4.69, 9.17) is 4.74 Å². The van der Waals surface area contributed by atoms with Crippen LogP contribution in [0.1, 0.15) is 26.3 Å². The molecular weight excluding hydrogens is 276 g/mol. The van der Waals surface area contributed by atoms with Crippen LogP contribution < -0.4 is 4.74 Å². The predicted octanol–water partition coefficient (Wildman–Crippen LogP) is 2.27. The van der Waals surface area contributed by atoms with Gasteiger partial charge in [-0.05, 0) is 44.9 Å². The van der Waals surface area contributed by atoms with Crippen molar-refractivity contribution in [3.05, 3.63) is 29.8 Å². The smallest absolute Gasteiger partial charge is 0.155 e. The highest BCUT2D eigenvalue weighted by Gasteiger charge is 2.31. The highest BCUT2D eigenvalue weighted by atomic mass is 32.2. The lowest BCUT2D eigenvalue weighted by Crippen LogP contribution is -2.34. The second-order valence-corrected chi connectivity index (χ2v) is 8.63. The number of carbonyl (C=O) groups is 1. The molecule has 0 saturated carbocycles. The van der Waals surface area contributed by atoms with Crippen molar-refractivity contribution in [1.29, 1.82) is 0 Å². The van der Waals surface area contributed by atoms with Gasteiger partial charge >= 0.3 is 0 Å². The molecule has 0 aliphatic carbocycles. The van der Waals surface area contributed by atoms with E-state index in [0.29, 0.717) is 6.42 Å². The molecule has 0 heterocycles. The molecule has 0 amide bonds. The van der Waals surface area contributed by atoms with Crippen LogP contribution in [0, 0.1) is 5.92 Å². The third-order valence-electron chi connectivity index (χ3n) is 3.22. The molecule has 0 N–H and O–H groups in total. The highest BCUT2D eigenvalue weighted by molar-refractivity contribution is 7.92. The molecule has 1 aromatic carbocycles. The first-order chi connectivity index (χ1) is 9.19. The van der Waals surface area contributed by atoms with Crippen LogP contribution in [0.25, 0.3) is 0 Å². The zero-order valence-electron chi connectivity index (χ0n) is 12.4. The average molecular weight is 298 g/mol. The third kappa shape index (κ3) is 4.34. The first-order valence-corrected chi connectivity index (χ1v) is 8.15. The third-order valence-corrected chi connectivity index (χ3v) is 5.95. The summed E-state index contributed by atoms with van der Waals surface area (Å²) in [6.07, 6.45) is 1.15. The number of aldehydes is 1. The Bertz CT molecular complexity index is 538. The fraction of sp³-hybridized carbons (Fsp3) is 0.533. The number of ether oxygens (including phenoxy) is 1. The molecule has 1 unspecified atom stereocenters. The molecule has 0 radical (unpaired) electrons. The minimum atomic E-state index is -3.30. The molecule has 5 heteroatoms. The number of rotatable bonds is 6. The molecule has 0 aromatic heterocycles. The van der Waals surface area contributed by atoms with Gasteiger partial charge < -0.3 is 9.53 Å². The Balaban J connectivity index is 2.80. The lowest BCUT2D eigenvalue weighted by Gasteiger charge is -2.21. The zero-order valence-corrected chi connectivity index (χ0v) is 13.2. The largest absolute Gasteiger partial charge is 0.497 e. The van der Waals surface area contributed by atoms with Gasteiger partial charge in [0.15, 0.2) is 9.84 Å². The maximum Gasteiger partial charge on any atom is 0.155 e. The van der Waals surface area contributed by atoms with E-state index in [0.717, 1.165) is 17.6 Å². The number of sulfone groups is 1. The SMILES string of the molecule is COc1ccc(CC(C=O)CS(=O)(=O)C(C)(C)C)cc1. The van der Waals surface area contributed by atoms with E-state index in [-0.39, 0.29) is 5.75 Å². The summed E-state index contributed by atoms with van der Waals surface area (Å²) in [7, 11) is -1.72. The topological polar surface area (TPSA) is 60.4 Å². The van der Waals surface area contributed by atoms with E-state index in [9.17, 15) is 13.2 Å². The van der Waals surface area contributed by atoms with E-state index in [1.807, 2.05) is 12.1 Å². The number of carbonyl (C=O) groups excluding carboxylic acids is 1. The molecule has 0 spiro atoms. The molecular formula is C15H22O4S. The first-order valence-electron chi connectivity index (χ1n) is 6.50. The van der Waals surface area contributed by atoms with Crippen LogP contribution in [-0.2, 0) is 21.1 Å². The van der Waals surface area contributed by atoms with Crippen molar-refractivity contribution in [2.45, 2.75) is 31.9 Å². The van der Waals surface area contributed by atoms with Crippen molar-refractivity contribution >= 4 is 16.1 Å². The predicted molar refractivity (Wildman–Crippen MR) is 79.8 cm³/mol. The van der Waals surface area contributed by atoms with Crippen molar-refractivity contribution in [2.75, 3.05) is 12.9 Å². The van der Waals surface area contributed by atoms with Gasteiger partial charge in [-0.1, -0.05) is 12.1 Å². The van der Waals surface area contributed by atoms with Crippen molar-refractivity contribution in [3.8, 4) is 5.75 Å². The number of hydrogen-bond acceptors (Lipinski definition) is 4. The van der Waals surface area contributed by atoms with Crippen molar-refractivity contribution in [1.82, 2.24) is 0 Å². The van der Waals surface area contributed by atoms with Crippen LogP contribution in [0.2, 0.25) is 0 Å². The zero-order chi connectivity index (χ0) is 15.4. The van der Waals surface area contributed by atoms with Gasteiger partial charge in [-0.15, -0.1) is 0 Å². The lowest BCUT2D eigenvalue weighted by atomic mass is 10.0. The number of hydrogen-bond donors (Lipinski definition) is 0. The second-order valence-electron chi connectivity index (χ2n) is 5.84. The molecule has 4 nitrogen and oxygen atoms in total. The summed E-state index contributed by atoms with van der Waals surface area (Å²) in [4.78, 5) is 11.1. The van der Waals surface area contributed by atoms with E-state index < -0.39 is 20.5 Å². The molecule has 0 bridgehead atoms. The highest BCUT2D eigenvalue weighted by Crippen LogP contribution is 2.21. The van der Waals surface area contributed by atoms with Crippen molar-refractivity contribution < 1.29 is 17.9 Å². The van der Waals surface area contributed by atoms with Crippen LogP contribution in [0.3, 0.4) is 0 Å². The van der Waals surface area contributed by atoms with Gasteiger partial charge in [-0.2, -0.15) is 0 Å². The van der Waals surface area contributed by atoms with Gasteiger partial charge in [-0.3, -0.25) is 0 Å². The van der Waals surface area contributed by atoms with E-state index in [1.54, 1.807) is 40.0 Å². The summed E-state index contributed by atoms with van der Waals surface area (Å²) < 4.78 is 28.5. The molecule has 1 rings (SSSR count). The monoisotopic (exact) mass is 298 g/mol. The molecule has 1 atom stereocenters. The van der Waals surface area contributed by atoms with E-state index >= 15 is 0 Å². The summed E-state index contributed by atoms with van der Waals surface area (Å²) in [6, 6.07) is 7.29. The normalized spacial score (nSPS) is 13.8. The van der Waals surface area contributed by atoms with Crippen LogP contribution in [0.15, 0.2) is 24.3 Å².